The number of furan rings is 1. The minimum absolute atomic E-state index is 0.104. The van der Waals surface area contributed by atoms with Gasteiger partial charge in [-0.3, -0.25) is 4.79 Å². The lowest BCUT2D eigenvalue weighted by Gasteiger charge is -2.09. The average molecular weight is 385 g/mol. The minimum atomic E-state index is -0.104. The van der Waals surface area contributed by atoms with Crippen LogP contribution in [0, 0.1) is 0 Å². The lowest BCUT2D eigenvalue weighted by Crippen LogP contribution is -2.20. The van der Waals surface area contributed by atoms with Gasteiger partial charge in [0.15, 0.2) is 11.6 Å². The van der Waals surface area contributed by atoms with E-state index in [1.54, 1.807) is 6.26 Å². The first-order valence-corrected chi connectivity index (χ1v) is 9.49. The largest absolute Gasteiger partial charge is 0.461 e. The summed E-state index contributed by atoms with van der Waals surface area (Å²) < 4.78 is 7.35. The Balaban J connectivity index is 1.39. The maximum absolute atomic E-state index is 12.7. The fraction of sp³-hybridized carbons (Fsp3) is 0.136. The Morgan fingerprint density at radius 3 is 2.83 bits per heavy atom. The van der Waals surface area contributed by atoms with Gasteiger partial charge < -0.3 is 19.3 Å². The van der Waals surface area contributed by atoms with E-state index in [2.05, 4.69) is 20.3 Å². The number of aromatic nitrogens is 4. The molecule has 2 aromatic carbocycles. The Hall–Kier alpha value is -3.87. The van der Waals surface area contributed by atoms with Crippen molar-refractivity contribution in [2.24, 2.45) is 0 Å². The van der Waals surface area contributed by atoms with Crippen molar-refractivity contribution in [3.8, 4) is 11.6 Å². The lowest BCUT2D eigenvalue weighted by molar-refractivity contribution is -0.116. The molecule has 144 valence electrons. The number of hydrogen-bond acceptors (Lipinski definition) is 4. The summed E-state index contributed by atoms with van der Waals surface area (Å²) in [7, 11) is 0. The van der Waals surface area contributed by atoms with Crippen LogP contribution < -0.4 is 5.32 Å². The van der Waals surface area contributed by atoms with Gasteiger partial charge in [0.25, 0.3) is 0 Å². The third kappa shape index (κ3) is 3.16. The van der Waals surface area contributed by atoms with Crippen LogP contribution in [0.4, 0.5) is 5.69 Å². The van der Waals surface area contributed by atoms with E-state index < -0.39 is 0 Å². The molecule has 3 heterocycles. The first-order chi connectivity index (χ1) is 14.2. The molecule has 2 N–H and O–H groups in total. The molecule has 0 fully saturated rings. The fourth-order valence-electron chi connectivity index (χ4n) is 3.53. The van der Waals surface area contributed by atoms with Gasteiger partial charge in [0.2, 0.25) is 5.91 Å². The SMILES string of the molecule is CCc1nc2ccccc2n1CC(=O)Nc1ccc2nc(-c3ccco3)[nH]c2c1. The van der Waals surface area contributed by atoms with Gasteiger partial charge in [0.05, 0.1) is 28.3 Å². The van der Waals surface area contributed by atoms with Crippen molar-refractivity contribution < 1.29 is 9.21 Å². The van der Waals surface area contributed by atoms with Crippen molar-refractivity contribution in [1.29, 1.82) is 0 Å². The van der Waals surface area contributed by atoms with Gasteiger partial charge in [-0.25, -0.2) is 9.97 Å². The Bertz CT molecular complexity index is 1310. The Morgan fingerprint density at radius 1 is 1.10 bits per heavy atom. The molecule has 0 saturated heterocycles. The van der Waals surface area contributed by atoms with Gasteiger partial charge in [0.1, 0.15) is 12.4 Å². The highest BCUT2D eigenvalue weighted by Crippen LogP contribution is 2.23. The van der Waals surface area contributed by atoms with Gasteiger partial charge in [-0.1, -0.05) is 19.1 Å². The molecule has 0 aliphatic carbocycles. The predicted molar refractivity (Wildman–Crippen MR) is 112 cm³/mol. The quantitative estimate of drug-likeness (QED) is 0.470. The molecule has 0 bridgehead atoms. The highest BCUT2D eigenvalue weighted by Gasteiger charge is 2.13. The number of benzene rings is 2. The Kier molecular flexibility index (Phi) is 4.13. The van der Waals surface area contributed by atoms with Crippen molar-refractivity contribution in [2.45, 2.75) is 19.9 Å². The molecule has 0 radical (unpaired) electrons. The number of amides is 1. The monoisotopic (exact) mass is 385 g/mol. The van der Waals surface area contributed by atoms with Gasteiger partial charge in [-0.2, -0.15) is 0 Å². The Morgan fingerprint density at radius 2 is 2.00 bits per heavy atom. The number of fused-ring (bicyclic) bond motifs is 2. The average Bonchev–Trinajstić information content (AvgIpc) is 3.46. The van der Waals surface area contributed by atoms with E-state index in [0.29, 0.717) is 17.3 Å². The van der Waals surface area contributed by atoms with Crippen LogP contribution in [0.2, 0.25) is 0 Å². The topological polar surface area (TPSA) is 88.7 Å². The summed E-state index contributed by atoms with van der Waals surface area (Å²) >= 11 is 0. The first-order valence-electron chi connectivity index (χ1n) is 9.49. The second kappa shape index (κ2) is 6.94. The highest BCUT2D eigenvalue weighted by molar-refractivity contribution is 5.94. The number of aryl methyl sites for hydroxylation is 1. The molecule has 0 saturated carbocycles. The zero-order valence-corrected chi connectivity index (χ0v) is 15.8. The molecule has 5 aromatic rings. The van der Waals surface area contributed by atoms with Crippen LogP contribution in [0.15, 0.2) is 65.3 Å². The molecule has 0 atom stereocenters. The van der Waals surface area contributed by atoms with E-state index in [9.17, 15) is 4.79 Å². The number of nitrogens with zero attached hydrogens (tertiary/aromatic N) is 3. The maximum atomic E-state index is 12.7. The molecule has 7 nitrogen and oxygen atoms in total. The summed E-state index contributed by atoms with van der Waals surface area (Å²) in [4.78, 5) is 25.1. The minimum Gasteiger partial charge on any atom is -0.461 e. The van der Waals surface area contributed by atoms with Gasteiger partial charge in [-0.15, -0.1) is 0 Å². The van der Waals surface area contributed by atoms with Crippen molar-refractivity contribution in [3.05, 3.63) is 66.7 Å². The molecule has 0 aliphatic heterocycles. The van der Waals surface area contributed by atoms with Crippen LogP contribution in [-0.4, -0.2) is 25.4 Å². The third-order valence-corrected chi connectivity index (χ3v) is 4.87. The van der Waals surface area contributed by atoms with Crippen LogP contribution in [-0.2, 0) is 17.8 Å². The summed E-state index contributed by atoms with van der Waals surface area (Å²) in [5.74, 6) is 2.12. The van der Waals surface area contributed by atoms with E-state index in [1.165, 1.54) is 0 Å². The summed E-state index contributed by atoms with van der Waals surface area (Å²) in [6.07, 6.45) is 2.37. The number of aromatic amines is 1. The molecule has 3 aromatic heterocycles. The molecule has 0 aliphatic rings. The second-order valence-corrected chi connectivity index (χ2v) is 6.80. The number of H-pyrrole nitrogens is 1. The lowest BCUT2D eigenvalue weighted by atomic mass is 10.2. The third-order valence-electron chi connectivity index (χ3n) is 4.87. The molecule has 5 rings (SSSR count). The van der Waals surface area contributed by atoms with Crippen LogP contribution in [0.25, 0.3) is 33.7 Å². The number of imidazole rings is 2. The normalized spacial score (nSPS) is 11.3. The Labute approximate surface area is 166 Å². The van der Waals surface area contributed by atoms with Crippen LogP contribution in [0.1, 0.15) is 12.7 Å². The zero-order valence-electron chi connectivity index (χ0n) is 15.8. The van der Waals surface area contributed by atoms with E-state index in [1.807, 2.05) is 66.1 Å². The molecule has 7 heteroatoms. The van der Waals surface area contributed by atoms with Gasteiger partial charge in [0, 0.05) is 12.1 Å². The number of para-hydroxylation sites is 2. The van der Waals surface area contributed by atoms with Crippen molar-refractivity contribution in [3.63, 3.8) is 0 Å². The van der Waals surface area contributed by atoms with Crippen molar-refractivity contribution in [1.82, 2.24) is 19.5 Å². The zero-order chi connectivity index (χ0) is 19.8. The van der Waals surface area contributed by atoms with Crippen molar-refractivity contribution in [2.75, 3.05) is 5.32 Å². The van der Waals surface area contributed by atoms with Crippen LogP contribution in [0.3, 0.4) is 0 Å². The molecular formula is C22H19N5O2. The molecule has 29 heavy (non-hydrogen) atoms. The standard InChI is InChI=1S/C22H19N5O2/c1-2-20-24-16-6-3-4-7-18(16)27(20)13-21(28)23-14-9-10-15-17(12-14)26-22(25-15)19-8-5-11-29-19/h3-12H,2,13H2,1H3,(H,23,28)(H,25,26). The number of carbonyl (C=O) groups is 1. The smallest absolute Gasteiger partial charge is 0.244 e. The van der Waals surface area contributed by atoms with Gasteiger partial charge in [-0.05, 0) is 42.5 Å². The highest BCUT2D eigenvalue weighted by atomic mass is 16.3. The maximum Gasteiger partial charge on any atom is 0.244 e. The van der Waals surface area contributed by atoms with E-state index in [-0.39, 0.29) is 12.5 Å². The van der Waals surface area contributed by atoms with Gasteiger partial charge >= 0.3 is 0 Å². The summed E-state index contributed by atoms with van der Waals surface area (Å²) in [5, 5.41) is 2.97. The summed E-state index contributed by atoms with van der Waals surface area (Å²) in [6.45, 7) is 2.25. The molecule has 0 unspecified atom stereocenters. The van der Waals surface area contributed by atoms with E-state index in [0.717, 1.165) is 34.3 Å². The van der Waals surface area contributed by atoms with Crippen LogP contribution >= 0.6 is 0 Å². The van der Waals surface area contributed by atoms with Crippen molar-refractivity contribution >= 4 is 33.7 Å². The van der Waals surface area contributed by atoms with E-state index in [4.69, 9.17) is 4.42 Å². The predicted octanol–water partition coefficient (Wildman–Crippen LogP) is 4.37. The number of anilines is 1. The first kappa shape index (κ1) is 17.2. The number of rotatable bonds is 5. The molecular weight excluding hydrogens is 366 g/mol. The number of hydrogen-bond donors (Lipinski definition) is 2. The number of nitrogens with one attached hydrogen (secondary N) is 2. The molecule has 0 spiro atoms. The van der Waals surface area contributed by atoms with E-state index >= 15 is 0 Å². The number of carbonyl (C=O) groups excluding carboxylic acids is 1. The summed E-state index contributed by atoms with van der Waals surface area (Å²) in [6, 6.07) is 17.1. The fourth-order valence-corrected chi connectivity index (χ4v) is 3.53. The molecule has 1 amide bonds. The summed E-state index contributed by atoms with van der Waals surface area (Å²) in [5.41, 5.74) is 4.22. The second-order valence-electron chi connectivity index (χ2n) is 6.80. The van der Waals surface area contributed by atoms with Crippen LogP contribution in [0.5, 0.6) is 0 Å².